The number of hydrogen-bond acceptors (Lipinski definition) is 2. The molecule has 1 unspecified atom stereocenters. The van der Waals surface area contributed by atoms with Crippen LogP contribution in [-0.4, -0.2) is 22.3 Å². The molecule has 1 aromatic rings. The smallest absolute Gasteiger partial charge is 0.300 e. The van der Waals surface area contributed by atoms with E-state index in [4.69, 9.17) is 21.4 Å². The fourth-order valence-corrected chi connectivity index (χ4v) is 0.822. The Kier molecular flexibility index (Phi) is 7.21. The number of terminal acetylenes is 1. The van der Waals surface area contributed by atoms with E-state index in [2.05, 4.69) is 5.92 Å². The van der Waals surface area contributed by atoms with Gasteiger partial charge in [-0.3, -0.25) is 4.79 Å². The molecule has 1 atom stereocenters. The van der Waals surface area contributed by atoms with Gasteiger partial charge < -0.3 is 10.2 Å². The maximum atomic E-state index is 9.00. The molecule has 0 fully saturated rings. The van der Waals surface area contributed by atoms with Gasteiger partial charge in [0.05, 0.1) is 0 Å². The average Bonchev–Trinajstić information content (AvgIpc) is 2.26. The van der Waals surface area contributed by atoms with E-state index < -0.39 is 12.1 Å². The first-order valence-corrected chi connectivity index (χ1v) is 4.63. The summed E-state index contributed by atoms with van der Waals surface area (Å²) >= 11 is 0. The molecule has 0 amide bonds. The fraction of sp³-hybridized carbons (Fsp3) is 0.154. The van der Waals surface area contributed by atoms with Crippen molar-refractivity contribution in [2.45, 2.75) is 13.0 Å². The first-order chi connectivity index (χ1) is 7.56. The molecule has 0 spiro atoms. The lowest BCUT2D eigenvalue weighted by molar-refractivity contribution is -0.134. The highest BCUT2D eigenvalue weighted by Crippen LogP contribution is 2.01. The summed E-state index contributed by atoms with van der Waals surface area (Å²) in [5.41, 5.74) is 1.03. The van der Waals surface area contributed by atoms with Crippen LogP contribution in [0.15, 0.2) is 36.4 Å². The molecule has 0 aliphatic carbocycles. The van der Waals surface area contributed by atoms with Crippen molar-refractivity contribution in [2.75, 3.05) is 0 Å². The van der Waals surface area contributed by atoms with Crippen molar-refractivity contribution in [3.63, 3.8) is 0 Å². The summed E-state index contributed by atoms with van der Waals surface area (Å²) in [5.74, 6) is 1.37. The van der Waals surface area contributed by atoms with Crippen molar-refractivity contribution in [1.82, 2.24) is 0 Å². The van der Waals surface area contributed by atoms with Gasteiger partial charge in [0.15, 0.2) is 0 Å². The number of rotatable bonds is 2. The number of benzene rings is 1. The third-order valence-corrected chi connectivity index (χ3v) is 1.44. The van der Waals surface area contributed by atoms with E-state index in [0.717, 1.165) is 12.5 Å². The highest BCUT2D eigenvalue weighted by atomic mass is 16.4. The third kappa shape index (κ3) is 8.54. The van der Waals surface area contributed by atoms with Gasteiger partial charge in [-0.15, -0.1) is 6.42 Å². The molecule has 0 heterocycles. The van der Waals surface area contributed by atoms with E-state index >= 15 is 0 Å². The van der Waals surface area contributed by atoms with E-state index in [0.29, 0.717) is 0 Å². The summed E-state index contributed by atoms with van der Waals surface area (Å²) in [4.78, 5) is 9.00. The summed E-state index contributed by atoms with van der Waals surface area (Å²) in [7, 11) is 0. The second kappa shape index (κ2) is 8.27. The predicted octanol–water partition coefficient (Wildman–Crippen LogP) is 1.78. The van der Waals surface area contributed by atoms with Crippen molar-refractivity contribution in [3.05, 3.63) is 42.0 Å². The second-order valence-electron chi connectivity index (χ2n) is 2.90. The van der Waals surface area contributed by atoms with Gasteiger partial charge in [0.25, 0.3) is 5.97 Å². The molecule has 16 heavy (non-hydrogen) atoms. The number of aliphatic carboxylic acids is 1. The van der Waals surface area contributed by atoms with Gasteiger partial charge in [-0.2, -0.15) is 0 Å². The highest BCUT2D eigenvalue weighted by Gasteiger charge is 1.88. The molecular weight excluding hydrogens is 204 g/mol. The van der Waals surface area contributed by atoms with Gasteiger partial charge in [0, 0.05) is 6.92 Å². The molecule has 84 valence electrons. The summed E-state index contributed by atoms with van der Waals surface area (Å²) in [5, 5.41) is 16.4. The number of carboxylic acids is 1. The van der Waals surface area contributed by atoms with Crippen LogP contribution in [0.25, 0.3) is 6.08 Å². The molecule has 0 aromatic heterocycles. The lowest BCUT2D eigenvalue weighted by atomic mass is 10.2. The quantitative estimate of drug-likeness (QED) is 0.744. The zero-order chi connectivity index (χ0) is 12.4. The Morgan fingerprint density at radius 1 is 1.44 bits per heavy atom. The number of aliphatic hydroxyl groups excluding tert-OH is 1. The van der Waals surface area contributed by atoms with Crippen LogP contribution in [0.2, 0.25) is 0 Å². The summed E-state index contributed by atoms with van der Waals surface area (Å²) in [6, 6.07) is 9.69. The first kappa shape index (κ1) is 14.0. The Morgan fingerprint density at radius 2 is 1.94 bits per heavy atom. The molecule has 0 radical (unpaired) electrons. The normalized spacial score (nSPS) is 11.1. The predicted molar refractivity (Wildman–Crippen MR) is 63.6 cm³/mol. The van der Waals surface area contributed by atoms with Crippen molar-refractivity contribution in [3.8, 4) is 12.3 Å². The van der Waals surface area contributed by atoms with Crippen LogP contribution in [0.4, 0.5) is 0 Å². The van der Waals surface area contributed by atoms with Crippen LogP contribution in [-0.2, 0) is 4.79 Å². The third-order valence-electron chi connectivity index (χ3n) is 1.44. The molecule has 0 aliphatic rings. The molecule has 1 rings (SSSR count). The van der Waals surface area contributed by atoms with E-state index in [9.17, 15) is 0 Å². The number of aliphatic hydroxyl groups is 1. The minimum atomic E-state index is -0.833. The van der Waals surface area contributed by atoms with E-state index in [1.165, 1.54) is 0 Å². The maximum Gasteiger partial charge on any atom is 0.300 e. The molecule has 2 N–H and O–H groups in total. The molecule has 0 bridgehead atoms. The highest BCUT2D eigenvalue weighted by molar-refractivity contribution is 5.62. The Hall–Kier alpha value is -2.05. The zero-order valence-corrected chi connectivity index (χ0v) is 9.00. The van der Waals surface area contributed by atoms with Crippen molar-refractivity contribution >= 4 is 12.0 Å². The van der Waals surface area contributed by atoms with Gasteiger partial charge in [0.1, 0.15) is 6.10 Å². The summed E-state index contributed by atoms with van der Waals surface area (Å²) < 4.78 is 0. The summed E-state index contributed by atoms with van der Waals surface area (Å²) in [6.07, 6.45) is 7.57. The van der Waals surface area contributed by atoms with Crippen molar-refractivity contribution < 1.29 is 15.0 Å². The lowest BCUT2D eigenvalue weighted by Gasteiger charge is -1.93. The minimum Gasteiger partial charge on any atom is -0.481 e. The zero-order valence-electron chi connectivity index (χ0n) is 9.00. The van der Waals surface area contributed by atoms with Gasteiger partial charge in [-0.1, -0.05) is 42.3 Å². The standard InChI is InChI=1S/C11H10O.C2H4O2/c1-2-11(12)9-8-10-6-4-3-5-7-10;1-2(3)4/h1,3-9,11-12H;1H3,(H,3,4). The SMILES string of the molecule is C#CC(O)C=Cc1ccccc1.CC(=O)O. The van der Waals surface area contributed by atoms with Crippen LogP contribution >= 0.6 is 0 Å². The molecule has 0 saturated carbocycles. The number of hydrogen-bond donors (Lipinski definition) is 2. The Labute approximate surface area is 95.1 Å². The van der Waals surface area contributed by atoms with Crippen LogP contribution in [0.5, 0.6) is 0 Å². The van der Waals surface area contributed by atoms with Crippen LogP contribution in [0, 0.1) is 12.3 Å². The monoisotopic (exact) mass is 218 g/mol. The van der Waals surface area contributed by atoms with Gasteiger partial charge in [-0.25, -0.2) is 0 Å². The molecule has 0 saturated heterocycles. The number of carboxylic acid groups (broad SMARTS) is 1. The average molecular weight is 218 g/mol. The Morgan fingerprint density at radius 3 is 2.38 bits per heavy atom. The van der Waals surface area contributed by atoms with Crippen LogP contribution < -0.4 is 0 Å². The van der Waals surface area contributed by atoms with E-state index in [1.807, 2.05) is 30.3 Å². The Bertz CT molecular complexity index is 370. The second-order valence-corrected chi connectivity index (χ2v) is 2.90. The van der Waals surface area contributed by atoms with Crippen molar-refractivity contribution in [1.29, 1.82) is 0 Å². The topological polar surface area (TPSA) is 57.5 Å². The van der Waals surface area contributed by atoms with Crippen molar-refractivity contribution in [2.24, 2.45) is 0 Å². The lowest BCUT2D eigenvalue weighted by Crippen LogP contribution is -1.94. The first-order valence-electron chi connectivity index (χ1n) is 4.63. The largest absolute Gasteiger partial charge is 0.481 e. The van der Waals surface area contributed by atoms with Crippen LogP contribution in [0.3, 0.4) is 0 Å². The fourth-order valence-electron chi connectivity index (χ4n) is 0.822. The molecule has 0 aliphatic heterocycles. The van der Waals surface area contributed by atoms with Gasteiger partial charge in [0.2, 0.25) is 0 Å². The maximum absolute atomic E-state index is 9.00. The molecule has 3 heteroatoms. The number of carbonyl (C=O) groups is 1. The van der Waals surface area contributed by atoms with E-state index in [-0.39, 0.29) is 0 Å². The van der Waals surface area contributed by atoms with Gasteiger partial charge >= 0.3 is 0 Å². The van der Waals surface area contributed by atoms with E-state index in [1.54, 1.807) is 12.2 Å². The van der Waals surface area contributed by atoms with Crippen LogP contribution in [0.1, 0.15) is 12.5 Å². The summed E-state index contributed by atoms with van der Waals surface area (Å²) in [6.45, 7) is 1.08. The molecule has 1 aromatic carbocycles. The molecular formula is C13H14O3. The molecule has 3 nitrogen and oxygen atoms in total. The van der Waals surface area contributed by atoms with Gasteiger partial charge in [-0.05, 0) is 11.6 Å². The Balaban J connectivity index is 0.000000487. The minimum absolute atomic E-state index is 0.787.